The minimum atomic E-state index is 0.227. The van der Waals surface area contributed by atoms with Crippen LogP contribution >= 0.6 is 0 Å². The Bertz CT molecular complexity index is 235. The highest BCUT2D eigenvalue weighted by Crippen LogP contribution is 2.18. The van der Waals surface area contributed by atoms with Gasteiger partial charge in [-0.1, -0.05) is 6.42 Å². The Hall–Kier alpha value is -0.610. The van der Waals surface area contributed by atoms with Crippen LogP contribution in [0.15, 0.2) is 0 Å². The quantitative estimate of drug-likeness (QED) is 0.575. The van der Waals surface area contributed by atoms with Gasteiger partial charge in [-0.05, 0) is 45.2 Å². The number of carbonyl (C=O) groups excluding carboxylic acids is 1. The molecule has 2 aliphatic rings. The third-order valence-corrected chi connectivity index (χ3v) is 3.50. The van der Waals surface area contributed by atoms with E-state index in [-0.39, 0.29) is 5.91 Å². The predicted octanol–water partition coefficient (Wildman–Crippen LogP) is 0.777. The summed E-state index contributed by atoms with van der Waals surface area (Å²) < 4.78 is 0. The summed E-state index contributed by atoms with van der Waals surface area (Å²) in [7, 11) is 0. The Morgan fingerprint density at radius 2 is 2.12 bits per heavy atom. The van der Waals surface area contributed by atoms with Crippen molar-refractivity contribution in [3.05, 3.63) is 0 Å². The van der Waals surface area contributed by atoms with Crippen molar-refractivity contribution in [2.45, 2.75) is 57.0 Å². The number of piperidine rings is 1. The van der Waals surface area contributed by atoms with E-state index in [1.165, 1.54) is 32.1 Å². The lowest BCUT2D eigenvalue weighted by Crippen LogP contribution is -2.42. The maximum atomic E-state index is 11.4. The van der Waals surface area contributed by atoms with Crippen molar-refractivity contribution in [1.29, 1.82) is 0 Å². The van der Waals surface area contributed by atoms with Crippen molar-refractivity contribution >= 4 is 5.91 Å². The lowest BCUT2D eigenvalue weighted by molar-refractivity contribution is -0.121. The van der Waals surface area contributed by atoms with Gasteiger partial charge in [-0.15, -0.1) is 0 Å². The van der Waals surface area contributed by atoms with Gasteiger partial charge in [0.25, 0.3) is 0 Å². The third kappa shape index (κ3) is 5.50. The summed E-state index contributed by atoms with van der Waals surface area (Å²) in [5, 5.41) is 9.96. The molecule has 3 N–H and O–H groups in total. The lowest BCUT2D eigenvalue weighted by atomic mass is 10.1. The van der Waals surface area contributed by atoms with Gasteiger partial charge in [0.05, 0.1) is 0 Å². The molecule has 4 heteroatoms. The molecule has 0 radical (unpaired) electrons. The van der Waals surface area contributed by atoms with E-state index < -0.39 is 0 Å². The highest BCUT2D eigenvalue weighted by molar-refractivity contribution is 5.76. The molecule has 1 unspecified atom stereocenters. The van der Waals surface area contributed by atoms with Gasteiger partial charge < -0.3 is 16.0 Å². The summed E-state index contributed by atoms with van der Waals surface area (Å²) in [6.07, 6.45) is 7.93. The molecule has 2 fully saturated rings. The Kier molecular flexibility index (Phi) is 5.26. The van der Waals surface area contributed by atoms with E-state index in [4.69, 9.17) is 0 Å². The molecular weight excluding hydrogens is 214 g/mol. The number of nitrogens with one attached hydrogen (secondary N) is 3. The van der Waals surface area contributed by atoms with E-state index in [0.717, 1.165) is 26.1 Å². The standard InChI is InChI=1S/C13H25N3O/c17-13(16-11-6-7-11)5-3-8-14-10-12-4-1-2-9-15-12/h11-12,14-15H,1-10H2,(H,16,17). The van der Waals surface area contributed by atoms with E-state index in [9.17, 15) is 4.79 Å². The monoisotopic (exact) mass is 239 g/mol. The number of hydrogen-bond acceptors (Lipinski definition) is 3. The van der Waals surface area contributed by atoms with Gasteiger partial charge >= 0.3 is 0 Å². The van der Waals surface area contributed by atoms with Crippen LogP contribution in [0.4, 0.5) is 0 Å². The molecule has 4 nitrogen and oxygen atoms in total. The van der Waals surface area contributed by atoms with Gasteiger partial charge in [0.15, 0.2) is 0 Å². The molecule has 1 saturated heterocycles. The summed E-state index contributed by atoms with van der Waals surface area (Å²) in [5.41, 5.74) is 0. The summed E-state index contributed by atoms with van der Waals surface area (Å²) in [4.78, 5) is 11.4. The smallest absolute Gasteiger partial charge is 0.220 e. The van der Waals surface area contributed by atoms with Crippen LogP contribution in [0.3, 0.4) is 0 Å². The van der Waals surface area contributed by atoms with Crippen molar-refractivity contribution in [1.82, 2.24) is 16.0 Å². The first kappa shape index (κ1) is 12.8. The van der Waals surface area contributed by atoms with Crippen LogP contribution in [0.25, 0.3) is 0 Å². The van der Waals surface area contributed by atoms with Crippen molar-refractivity contribution in [2.75, 3.05) is 19.6 Å². The van der Waals surface area contributed by atoms with Gasteiger partial charge in [-0.2, -0.15) is 0 Å². The molecule has 98 valence electrons. The number of carbonyl (C=O) groups is 1. The molecule has 1 aliphatic carbocycles. The van der Waals surface area contributed by atoms with Gasteiger partial charge in [0.2, 0.25) is 5.91 Å². The zero-order valence-electron chi connectivity index (χ0n) is 10.6. The molecule has 0 aromatic carbocycles. The minimum absolute atomic E-state index is 0.227. The van der Waals surface area contributed by atoms with Crippen LogP contribution in [-0.4, -0.2) is 37.6 Å². The lowest BCUT2D eigenvalue weighted by Gasteiger charge is -2.23. The fourth-order valence-corrected chi connectivity index (χ4v) is 2.28. The molecule has 17 heavy (non-hydrogen) atoms. The normalized spacial score (nSPS) is 24.6. The van der Waals surface area contributed by atoms with E-state index in [2.05, 4.69) is 16.0 Å². The second kappa shape index (κ2) is 6.97. The Morgan fingerprint density at radius 3 is 2.82 bits per heavy atom. The molecule has 1 saturated carbocycles. The van der Waals surface area contributed by atoms with E-state index >= 15 is 0 Å². The van der Waals surface area contributed by atoms with Crippen molar-refractivity contribution < 1.29 is 4.79 Å². The Balaban J connectivity index is 1.41. The number of hydrogen-bond donors (Lipinski definition) is 3. The minimum Gasteiger partial charge on any atom is -0.353 e. The molecule has 2 rings (SSSR count). The van der Waals surface area contributed by atoms with Crippen LogP contribution in [0, 0.1) is 0 Å². The van der Waals surface area contributed by atoms with Gasteiger partial charge in [-0.3, -0.25) is 4.79 Å². The molecule has 1 amide bonds. The molecule has 1 heterocycles. The number of rotatable bonds is 7. The molecule has 1 aliphatic heterocycles. The predicted molar refractivity (Wildman–Crippen MR) is 68.9 cm³/mol. The zero-order chi connectivity index (χ0) is 11.9. The molecule has 0 aromatic heterocycles. The van der Waals surface area contributed by atoms with Crippen LogP contribution in [-0.2, 0) is 4.79 Å². The molecular formula is C13H25N3O. The van der Waals surface area contributed by atoms with Gasteiger partial charge in [0.1, 0.15) is 0 Å². The molecule has 1 atom stereocenters. The van der Waals surface area contributed by atoms with Crippen molar-refractivity contribution in [3.8, 4) is 0 Å². The Morgan fingerprint density at radius 1 is 1.24 bits per heavy atom. The van der Waals surface area contributed by atoms with Crippen molar-refractivity contribution in [2.24, 2.45) is 0 Å². The second-order valence-electron chi connectivity index (χ2n) is 5.30. The average Bonchev–Trinajstić information content (AvgIpc) is 3.14. The Labute approximate surface area is 104 Å². The van der Waals surface area contributed by atoms with E-state index in [1.54, 1.807) is 0 Å². The fraction of sp³-hybridized carbons (Fsp3) is 0.923. The van der Waals surface area contributed by atoms with E-state index in [0.29, 0.717) is 18.5 Å². The first-order chi connectivity index (χ1) is 8.34. The van der Waals surface area contributed by atoms with Crippen LogP contribution < -0.4 is 16.0 Å². The topological polar surface area (TPSA) is 53.2 Å². The van der Waals surface area contributed by atoms with Gasteiger partial charge in [0, 0.05) is 25.0 Å². The third-order valence-electron chi connectivity index (χ3n) is 3.50. The first-order valence-electron chi connectivity index (χ1n) is 7.08. The highest BCUT2D eigenvalue weighted by Gasteiger charge is 2.22. The maximum absolute atomic E-state index is 11.4. The first-order valence-corrected chi connectivity index (χ1v) is 7.08. The van der Waals surface area contributed by atoms with Crippen LogP contribution in [0.5, 0.6) is 0 Å². The summed E-state index contributed by atoms with van der Waals surface area (Å²) in [6, 6.07) is 1.14. The SMILES string of the molecule is O=C(CCCNCC1CCCCN1)NC1CC1. The van der Waals surface area contributed by atoms with Crippen molar-refractivity contribution in [3.63, 3.8) is 0 Å². The largest absolute Gasteiger partial charge is 0.353 e. The number of amides is 1. The highest BCUT2D eigenvalue weighted by atomic mass is 16.1. The maximum Gasteiger partial charge on any atom is 0.220 e. The van der Waals surface area contributed by atoms with Crippen LogP contribution in [0.2, 0.25) is 0 Å². The summed E-state index contributed by atoms with van der Waals surface area (Å²) in [5.74, 6) is 0.227. The molecule has 0 aromatic rings. The second-order valence-corrected chi connectivity index (χ2v) is 5.30. The van der Waals surface area contributed by atoms with Crippen LogP contribution in [0.1, 0.15) is 44.9 Å². The molecule has 0 bridgehead atoms. The zero-order valence-corrected chi connectivity index (χ0v) is 10.6. The van der Waals surface area contributed by atoms with Gasteiger partial charge in [-0.25, -0.2) is 0 Å². The summed E-state index contributed by atoms with van der Waals surface area (Å²) >= 11 is 0. The fourth-order valence-electron chi connectivity index (χ4n) is 2.28. The summed E-state index contributed by atoms with van der Waals surface area (Å²) in [6.45, 7) is 3.16. The molecule has 0 spiro atoms. The average molecular weight is 239 g/mol. The van der Waals surface area contributed by atoms with E-state index in [1.807, 2.05) is 0 Å².